The van der Waals surface area contributed by atoms with Crippen LogP contribution in [0.25, 0.3) is 5.57 Å². The molecule has 0 nitrogen and oxygen atoms in total. The van der Waals surface area contributed by atoms with Crippen molar-refractivity contribution >= 4 is 5.57 Å². The highest BCUT2D eigenvalue weighted by atomic mass is 14.2. The van der Waals surface area contributed by atoms with E-state index in [1.807, 2.05) is 0 Å². The Morgan fingerprint density at radius 1 is 1.20 bits per heavy atom. The Morgan fingerprint density at radius 3 is 2.75 bits per heavy atom. The monoisotopic (exact) mass is 264 g/mol. The summed E-state index contributed by atoms with van der Waals surface area (Å²) in [7, 11) is 0. The van der Waals surface area contributed by atoms with Crippen LogP contribution >= 0.6 is 0 Å². The molecule has 1 aromatic carbocycles. The highest BCUT2D eigenvalue weighted by Crippen LogP contribution is 2.36. The van der Waals surface area contributed by atoms with Crippen LogP contribution in [0.1, 0.15) is 44.2 Å². The third-order valence-corrected chi connectivity index (χ3v) is 3.81. The minimum absolute atomic E-state index is 1.07. The number of fused-ring (bicyclic) bond motifs is 1. The van der Waals surface area contributed by atoms with E-state index in [0.29, 0.717) is 0 Å². The van der Waals surface area contributed by atoms with E-state index in [0.717, 1.165) is 19.3 Å². The summed E-state index contributed by atoms with van der Waals surface area (Å²) >= 11 is 0. The Kier molecular flexibility index (Phi) is 5.17. The zero-order chi connectivity index (χ0) is 14.4. The highest BCUT2D eigenvalue weighted by Gasteiger charge is 2.17. The summed E-state index contributed by atoms with van der Waals surface area (Å²) in [6.45, 7) is 8.65. The van der Waals surface area contributed by atoms with E-state index in [1.54, 1.807) is 0 Å². The maximum Gasteiger partial charge on any atom is -0.0149 e. The molecule has 0 spiro atoms. The normalized spacial score (nSPS) is 19.6. The number of rotatable bonds is 3. The third-order valence-electron chi connectivity index (χ3n) is 3.81. The summed E-state index contributed by atoms with van der Waals surface area (Å²) < 4.78 is 0. The zero-order valence-electron chi connectivity index (χ0n) is 12.7. The van der Waals surface area contributed by atoms with Gasteiger partial charge in [0.15, 0.2) is 0 Å². The van der Waals surface area contributed by atoms with Gasteiger partial charge in [-0.05, 0) is 54.0 Å². The second kappa shape index (κ2) is 7.09. The number of allylic oxidation sites excluding steroid dienone is 7. The SMILES string of the molecule is C=C1/C(=C\C=C/C)CCc2ccccc2/C1=C\CCC. The van der Waals surface area contributed by atoms with Crippen molar-refractivity contribution in [3.05, 3.63) is 77.4 Å². The molecule has 0 radical (unpaired) electrons. The van der Waals surface area contributed by atoms with Crippen molar-refractivity contribution in [3.63, 3.8) is 0 Å². The van der Waals surface area contributed by atoms with Crippen LogP contribution in [0, 0.1) is 0 Å². The number of benzene rings is 1. The van der Waals surface area contributed by atoms with E-state index in [1.165, 1.54) is 34.3 Å². The van der Waals surface area contributed by atoms with Crippen LogP contribution in [0.5, 0.6) is 0 Å². The van der Waals surface area contributed by atoms with Crippen molar-refractivity contribution in [3.8, 4) is 0 Å². The average Bonchev–Trinajstić information content (AvgIpc) is 2.60. The van der Waals surface area contributed by atoms with Crippen LogP contribution in [0.15, 0.2) is 66.3 Å². The molecule has 0 heteroatoms. The molecule has 0 amide bonds. The van der Waals surface area contributed by atoms with Crippen LogP contribution in [0.2, 0.25) is 0 Å². The Balaban J connectivity index is 2.49. The van der Waals surface area contributed by atoms with Crippen molar-refractivity contribution in [1.82, 2.24) is 0 Å². The van der Waals surface area contributed by atoms with Gasteiger partial charge >= 0.3 is 0 Å². The van der Waals surface area contributed by atoms with E-state index in [9.17, 15) is 0 Å². The largest absolute Gasteiger partial charge is 0.0909 e. The first-order chi connectivity index (χ1) is 9.77. The summed E-state index contributed by atoms with van der Waals surface area (Å²) in [4.78, 5) is 0. The predicted octanol–water partition coefficient (Wildman–Crippen LogP) is 5.88. The molecule has 0 saturated carbocycles. The van der Waals surface area contributed by atoms with E-state index in [-0.39, 0.29) is 0 Å². The lowest BCUT2D eigenvalue weighted by atomic mass is 9.93. The van der Waals surface area contributed by atoms with Gasteiger partial charge in [0, 0.05) is 0 Å². The lowest BCUT2D eigenvalue weighted by molar-refractivity contribution is 0.959. The van der Waals surface area contributed by atoms with Crippen LogP contribution < -0.4 is 0 Å². The van der Waals surface area contributed by atoms with Gasteiger partial charge in [-0.3, -0.25) is 0 Å². The van der Waals surface area contributed by atoms with Crippen LogP contribution in [0.3, 0.4) is 0 Å². The summed E-state index contributed by atoms with van der Waals surface area (Å²) in [5, 5.41) is 0. The Bertz CT molecular complexity index is 567. The molecule has 20 heavy (non-hydrogen) atoms. The Hall–Kier alpha value is -1.82. The molecule has 1 aromatic rings. The molecule has 0 fully saturated rings. The Morgan fingerprint density at radius 2 is 2.00 bits per heavy atom. The quantitative estimate of drug-likeness (QED) is 0.598. The van der Waals surface area contributed by atoms with E-state index >= 15 is 0 Å². The predicted molar refractivity (Wildman–Crippen MR) is 89.7 cm³/mol. The molecule has 0 heterocycles. The molecule has 0 bridgehead atoms. The van der Waals surface area contributed by atoms with Crippen molar-refractivity contribution in [1.29, 1.82) is 0 Å². The first kappa shape index (κ1) is 14.6. The maximum atomic E-state index is 4.37. The van der Waals surface area contributed by atoms with Gasteiger partial charge in [-0.1, -0.05) is 68.5 Å². The minimum Gasteiger partial charge on any atom is -0.0909 e. The zero-order valence-corrected chi connectivity index (χ0v) is 12.7. The van der Waals surface area contributed by atoms with Crippen molar-refractivity contribution < 1.29 is 0 Å². The number of hydrogen-bond donors (Lipinski definition) is 0. The molecule has 0 saturated heterocycles. The molecule has 104 valence electrons. The fourth-order valence-electron chi connectivity index (χ4n) is 2.67. The van der Waals surface area contributed by atoms with E-state index in [2.05, 4.69) is 69.0 Å². The van der Waals surface area contributed by atoms with Gasteiger partial charge in [0.05, 0.1) is 0 Å². The summed E-state index contributed by atoms with van der Waals surface area (Å²) in [5.74, 6) is 0. The summed E-state index contributed by atoms with van der Waals surface area (Å²) in [6, 6.07) is 8.76. The number of unbranched alkanes of at least 4 members (excludes halogenated alkanes) is 1. The van der Waals surface area contributed by atoms with Gasteiger partial charge in [-0.2, -0.15) is 0 Å². The first-order valence-electron chi connectivity index (χ1n) is 7.57. The van der Waals surface area contributed by atoms with Crippen LogP contribution in [-0.4, -0.2) is 0 Å². The second-order valence-electron chi connectivity index (χ2n) is 5.26. The number of aryl methyl sites for hydroxylation is 1. The van der Waals surface area contributed by atoms with Crippen molar-refractivity contribution in [2.75, 3.05) is 0 Å². The van der Waals surface area contributed by atoms with Gasteiger partial charge in [-0.15, -0.1) is 0 Å². The lowest BCUT2D eigenvalue weighted by Crippen LogP contribution is -1.91. The molecular weight excluding hydrogens is 240 g/mol. The van der Waals surface area contributed by atoms with Gasteiger partial charge in [0.1, 0.15) is 0 Å². The standard InChI is InChI=1S/C20H24/c1-4-6-10-17-14-15-18-11-8-9-13-20(18)19(16(17)3)12-7-5-2/h4,6,8-13H,3,5,7,14-15H2,1-2H3/b6-4-,17-10-,19-12-. The Labute approximate surface area is 123 Å². The van der Waals surface area contributed by atoms with Gasteiger partial charge in [0.2, 0.25) is 0 Å². The van der Waals surface area contributed by atoms with E-state index in [4.69, 9.17) is 0 Å². The first-order valence-corrected chi connectivity index (χ1v) is 7.57. The van der Waals surface area contributed by atoms with Gasteiger partial charge in [0.25, 0.3) is 0 Å². The van der Waals surface area contributed by atoms with Crippen molar-refractivity contribution in [2.45, 2.75) is 39.5 Å². The molecule has 0 atom stereocenters. The molecule has 1 aliphatic carbocycles. The molecule has 2 rings (SSSR count). The molecular formula is C20H24. The van der Waals surface area contributed by atoms with Crippen LogP contribution in [-0.2, 0) is 6.42 Å². The van der Waals surface area contributed by atoms with Gasteiger partial charge < -0.3 is 0 Å². The molecule has 0 aromatic heterocycles. The fourth-order valence-corrected chi connectivity index (χ4v) is 2.67. The minimum atomic E-state index is 1.07. The summed E-state index contributed by atoms with van der Waals surface area (Å²) in [5.41, 5.74) is 6.70. The molecule has 0 unspecified atom stereocenters. The van der Waals surface area contributed by atoms with Crippen LogP contribution in [0.4, 0.5) is 0 Å². The lowest BCUT2D eigenvalue weighted by Gasteiger charge is -2.12. The van der Waals surface area contributed by atoms with Gasteiger partial charge in [-0.25, -0.2) is 0 Å². The van der Waals surface area contributed by atoms with E-state index < -0.39 is 0 Å². The molecule has 0 N–H and O–H groups in total. The fraction of sp³-hybridized carbons (Fsp3) is 0.300. The highest BCUT2D eigenvalue weighted by molar-refractivity contribution is 5.85. The van der Waals surface area contributed by atoms with Crippen molar-refractivity contribution in [2.24, 2.45) is 0 Å². The second-order valence-corrected chi connectivity index (χ2v) is 5.26. The maximum absolute atomic E-state index is 4.37. The molecule has 1 aliphatic rings. The topological polar surface area (TPSA) is 0 Å². The number of hydrogen-bond acceptors (Lipinski definition) is 0. The average molecular weight is 264 g/mol. The third kappa shape index (κ3) is 3.19. The molecule has 0 aliphatic heterocycles. The summed E-state index contributed by atoms with van der Waals surface area (Å²) in [6.07, 6.45) is 13.2. The smallest absolute Gasteiger partial charge is 0.0149 e.